The van der Waals surface area contributed by atoms with Crippen LogP contribution in [0.4, 0.5) is 0 Å². The smallest absolute Gasteiger partial charge is 0.217 e. The summed E-state index contributed by atoms with van der Waals surface area (Å²) in [6.45, 7) is -4.48. The molecule has 0 aromatic carbocycles. The molecule has 9 fully saturated rings. The standard InChI is InChI=1S/C72H122N6O50/c1-18-40(93)53(106)55(108)69(114-18)111-15-26(92)58(41(94)25(8-79)73-19(2)86)123-68-39(78-24(7)91)52(105)59(31(13-84)119-68)125-70-57(110)61(126-72-63(128-67-38(77-23(6)90)51(104)45(98)30(12-83)118-67)56(109)60(32(14-85)120-72)124-65-36(75-21(4)88)49(102)43(96)28(10-81)116-65)47(100)34(121-70)17-113-71-62(127-66-37(76-22(5)89)50(103)44(97)29(11-82)117-66)54(107)46(99)33(122-71)16-112-64-35(74-20(3)87)48(101)42(95)27(9-80)115-64/h18,25-72,79-85,92-110H,8-17H2,1-7H3,(H,73,86)(H,74,87)(H,75,88)(H,76,89)(H,77,90)(H,78,91)/t18-,25-,26+,27+,28+,29+,30+,31+,32+,33+,34+,35+,36+,37+,38+,39+,40+,41+,42+,43+,44+,45+,46+,47+,48+,49+,50+,51+,52+,53+,54-,55-,56-,57-,58+,59+,60+,61-,62-,63-,64+,65-,66-,67-,68-,69+,70-,71-,72+/m0/s1. The van der Waals surface area contributed by atoms with Gasteiger partial charge in [-0.3, -0.25) is 28.8 Å². The van der Waals surface area contributed by atoms with Crippen molar-refractivity contribution in [1.82, 2.24) is 31.9 Å². The van der Waals surface area contributed by atoms with Gasteiger partial charge >= 0.3 is 0 Å². The number of amides is 6. The third-order valence-electron chi connectivity index (χ3n) is 22.9. The van der Waals surface area contributed by atoms with Crippen LogP contribution in [0.15, 0.2) is 0 Å². The van der Waals surface area contributed by atoms with E-state index >= 15 is 0 Å². The van der Waals surface area contributed by atoms with Gasteiger partial charge in [0.05, 0.1) is 78.2 Å². The molecule has 128 heavy (non-hydrogen) atoms. The Hall–Kier alpha value is -4.94. The highest BCUT2D eigenvalue weighted by Crippen LogP contribution is 2.40. The molecular formula is C72H122N6O50. The molecule has 0 aromatic heterocycles. The van der Waals surface area contributed by atoms with Gasteiger partial charge in [-0.2, -0.15) is 0 Å². The van der Waals surface area contributed by atoms with E-state index in [0.717, 1.165) is 41.5 Å². The van der Waals surface area contributed by atoms with Crippen LogP contribution in [0.3, 0.4) is 0 Å². The van der Waals surface area contributed by atoms with Crippen LogP contribution in [0.2, 0.25) is 0 Å². The lowest BCUT2D eigenvalue weighted by Crippen LogP contribution is -2.71. The topological polar surface area (TPSA) is 867 Å². The molecule has 0 unspecified atom stereocenters. The predicted octanol–water partition coefficient (Wildman–Crippen LogP) is -21.3. The van der Waals surface area contributed by atoms with E-state index in [0.29, 0.717) is 0 Å². The van der Waals surface area contributed by atoms with Crippen LogP contribution in [0.25, 0.3) is 0 Å². The van der Waals surface area contributed by atoms with Crippen LogP contribution in [-0.2, 0) is 114 Å². The second kappa shape index (κ2) is 47.5. The van der Waals surface area contributed by atoms with Gasteiger partial charge in [-0.1, -0.05) is 0 Å². The van der Waals surface area contributed by atoms with Crippen molar-refractivity contribution >= 4 is 35.4 Å². The van der Waals surface area contributed by atoms with Crippen molar-refractivity contribution in [3.63, 3.8) is 0 Å². The first-order valence-electron chi connectivity index (χ1n) is 40.9. The van der Waals surface area contributed by atoms with Crippen LogP contribution in [0.5, 0.6) is 0 Å². The molecule has 0 saturated carbocycles. The number of nitrogens with one attached hydrogen (secondary N) is 6. The number of aliphatic hydroxyl groups excluding tert-OH is 26. The molecule has 9 heterocycles. The fourth-order valence-corrected chi connectivity index (χ4v) is 16.1. The minimum absolute atomic E-state index is 0.828. The molecule has 9 rings (SSSR count). The molecule has 56 heteroatoms. The van der Waals surface area contributed by atoms with E-state index in [-0.39, 0.29) is 0 Å². The summed E-state index contributed by atoms with van der Waals surface area (Å²) in [5.41, 5.74) is 0. The summed E-state index contributed by atoms with van der Waals surface area (Å²) in [4.78, 5) is 76.6. The number of ether oxygens (including phenoxy) is 18. The molecule has 9 aliphatic heterocycles. The fourth-order valence-electron chi connectivity index (χ4n) is 16.1. The minimum atomic E-state index is -2.72. The second-order valence-electron chi connectivity index (χ2n) is 32.3. The van der Waals surface area contributed by atoms with Gasteiger partial charge in [-0.25, -0.2) is 0 Å². The van der Waals surface area contributed by atoms with E-state index in [4.69, 9.17) is 85.3 Å². The van der Waals surface area contributed by atoms with Crippen molar-refractivity contribution in [2.75, 3.05) is 66.1 Å². The molecule has 0 aromatic rings. The lowest BCUT2D eigenvalue weighted by molar-refractivity contribution is -0.402. The zero-order chi connectivity index (χ0) is 94.8. The molecule has 49 atom stereocenters. The first-order chi connectivity index (χ1) is 60.4. The van der Waals surface area contributed by atoms with Gasteiger partial charge in [0.1, 0.15) is 232 Å². The monoisotopic (exact) mass is 1870 g/mol. The van der Waals surface area contributed by atoms with Gasteiger partial charge in [0.25, 0.3) is 0 Å². The molecular weight excluding hydrogens is 1750 g/mol. The average Bonchev–Trinajstić information content (AvgIpc) is 0.758. The largest absolute Gasteiger partial charge is 0.394 e. The summed E-state index contributed by atoms with van der Waals surface area (Å²) in [7, 11) is 0. The Balaban J connectivity index is 1.14. The van der Waals surface area contributed by atoms with Gasteiger partial charge in [0.2, 0.25) is 35.4 Å². The van der Waals surface area contributed by atoms with E-state index in [2.05, 4.69) is 31.9 Å². The highest BCUT2D eigenvalue weighted by Gasteiger charge is 2.61. The fraction of sp³-hybridized carbons (Fsp3) is 0.917. The second-order valence-corrected chi connectivity index (χ2v) is 32.3. The van der Waals surface area contributed by atoms with Gasteiger partial charge in [0.15, 0.2) is 56.6 Å². The molecule has 0 radical (unpaired) electrons. The summed E-state index contributed by atoms with van der Waals surface area (Å²) < 4.78 is 109. The van der Waals surface area contributed by atoms with Gasteiger partial charge in [0, 0.05) is 41.5 Å². The number of hydrogen-bond donors (Lipinski definition) is 32. The number of hydrogen-bond acceptors (Lipinski definition) is 50. The van der Waals surface area contributed by atoms with Crippen molar-refractivity contribution in [3.05, 3.63) is 0 Å². The molecule has 0 aliphatic carbocycles. The van der Waals surface area contributed by atoms with E-state index in [1.807, 2.05) is 0 Å². The lowest BCUT2D eigenvalue weighted by atomic mass is 9.94. The van der Waals surface area contributed by atoms with Crippen LogP contribution in [0.1, 0.15) is 48.5 Å². The zero-order valence-corrected chi connectivity index (χ0v) is 69.8. The Morgan fingerprint density at radius 3 is 1.05 bits per heavy atom. The molecule has 6 amide bonds. The van der Waals surface area contributed by atoms with Crippen molar-refractivity contribution in [1.29, 1.82) is 0 Å². The molecule has 0 spiro atoms. The quantitative estimate of drug-likeness (QED) is 0.0275. The number of aliphatic hydroxyl groups is 26. The maximum absolute atomic E-state index is 13.4. The number of carbonyl (C=O) groups is 6. The zero-order valence-electron chi connectivity index (χ0n) is 69.8. The lowest BCUT2D eigenvalue weighted by Gasteiger charge is -2.51. The summed E-state index contributed by atoms with van der Waals surface area (Å²) in [6.07, 6.45) is -92.1. The van der Waals surface area contributed by atoms with E-state index in [1.54, 1.807) is 0 Å². The Morgan fingerprint density at radius 1 is 0.289 bits per heavy atom. The summed E-state index contributed by atoms with van der Waals surface area (Å²) in [6, 6.07) is -11.2. The third-order valence-corrected chi connectivity index (χ3v) is 22.9. The molecule has 32 N–H and O–H groups in total. The summed E-state index contributed by atoms with van der Waals surface area (Å²) in [5.74, 6) is -5.55. The molecule has 9 saturated heterocycles. The Morgan fingerprint density at radius 2 is 0.625 bits per heavy atom. The molecule has 740 valence electrons. The van der Waals surface area contributed by atoms with Crippen LogP contribution in [0, 0.1) is 0 Å². The summed E-state index contributed by atoms with van der Waals surface area (Å²) >= 11 is 0. The first-order valence-corrected chi connectivity index (χ1v) is 40.9. The van der Waals surface area contributed by atoms with Crippen molar-refractivity contribution < 1.29 is 247 Å². The van der Waals surface area contributed by atoms with E-state index in [1.165, 1.54) is 6.92 Å². The Labute approximate surface area is 727 Å². The highest BCUT2D eigenvalue weighted by molar-refractivity contribution is 5.75. The number of rotatable bonds is 37. The summed E-state index contributed by atoms with van der Waals surface area (Å²) in [5, 5.41) is 308. The predicted molar refractivity (Wildman–Crippen MR) is 400 cm³/mol. The maximum Gasteiger partial charge on any atom is 0.217 e. The molecule has 9 aliphatic rings. The van der Waals surface area contributed by atoms with Crippen LogP contribution >= 0.6 is 0 Å². The maximum atomic E-state index is 13.4. The van der Waals surface area contributed by atoms with Crippen LogP contribution in [-0.4, -0.2) is 535 Å². The molecule has 56 nitrogen and oxygen atoms in total. The van der Waals surface area contributed by atoms with Gasteiger partial charge in [-0.05, 0) is 6.92 Å². The average molecular weight is 1870 g/mol. The SMILES string of the molecule is CC(=O)N[C@H]1[C@H](O[C@@H]([C@H](O)[C@H](CO)NC(C)=O)[C@H](O)CO[C@@H]2O[C@@H](C)[C@@H](O)[C@@H](O)[C@@H]2O)O[C@H](CO)[C@@H](O[C@@H]2O[C@H](CO[C@H]3O[C@H](CO[C@@H]4O[C@H](CO)[C@@H](O)[C@H](O)[C@H]4NC(C)=O)[C@@H](O)[C@H](O)[C@@H]3O[C@@H]3O[C@H](CO)[C@@H](O)[C@H](O)[C@H]3NC(C)=O)[C@@H](O)[C@H](O[C@H]3O[C@H](CO)[C@@H](O[C@@H]4O[C@H](CO)[C@@H](O)[C@H](O)[C@H]4NC(C)=O)[C@H](O)[C@@H]3O[C@@H]3O[C@H](CO)[C@@H](O)[C@H](O)[C@H]3NC(C)=O)[C@@H]2O)[C@@H]1O. The van der Waals surface area contributed by atoms with E-state index < -0.39 is 402 Å². The first kappa shape index (κ1) is 107. The normalized spacial score (nSPS) is 45.2. The third kappa shape index (κ3) is 25.0. The van der Waals surface area contributed by atoms with E-state index in [9.17, 15) is 162 Å². The van der Waals surface area contributed by atoms with Gasteiger partial charge in [-0.15, -0.1) is 0 Å². The Bertz CT molecular complexity index is 3500. The number of carbonyl (C=O) groups excluding carboxylic acids is 6. The van der Waals surface area contributed by atoms with Crippen LogP contribution < -0.4 is 31.9 Å². The van der Waals surface area contributed by atoms with Crippen molar-refractivity contribution in [3.8, 4) is 0 Å². The molecule has 0 bridgehead atoms. The minimum Gasteiger partial charge on any atom is -0.394 e. The van der Waals surface area contributed by atoms with Crippen molar-refractivity contribution in [2.45, 2.75) is 349 Å². The Kier molecular flexibility index (Phi) is 39.6. The van der Waals surface area contributed by atoms with Gasteiger partial charge < -0.3 is 250 Å². The highest BCUT2D eigenvalue weighted by atomic mass is 16.8. The van der Waals surface area contributed by atoms with Crippen molar-refractivity contribution in [2.24, 2.45) is 0 Å².